The van der Waals surface area contributed by atoms with Gasteiger partial charge in [0.2, 0.25) is 0 Å². The largest absolute Gasteiger partial charge is 0.463 e. The number of allylic oxidation sites excluding steroid dienone is 1. The fraction of sp³-hybridized carbons (Fsp3) is 0.750. The highest BCUT2D eigenvalue weighted by Gasteiger charge is 2.26. The van der Waals surface area contributed by atoms with Crippen LogP contribution in [0.1, 0.15) is 46.5 Å². The summed E-state index contributed by atoms with van der Waals surface area (Å²) in [4.78, 5) is 11.3. The van der Waals surface area contributed by atoms with Gasteiger partial charge in [-0.15, -0.1) is 0 Å². The third-order valence-corrected chi connectivity index (χ3v) is 2.95. The van der Waals surface area contributed by atoms with E-state index in [1.165, 1.54) is 24.8 Å². The van der Waals surface area contributed by atoms with Crippen LogP contribution < -0.4 is 0 Å². The lowest BCUT2D eigenvalue weighted by molar-refractivity contribution is -0.137. The lowest BCUT2D eigenvalue weighted by Crippen LogP contribution is -2.20. The Morgan fingerprint density at radius 1 is 1.50 bits per heavy atom. The van der Waals surface area contributed by atoms with E-state index in [9.17, 15) is 4.79 Å². The zero-order valence-electron chi connectivity index (χ0n) is 9.43. The fourth-order valence-electron chi connectivity index (χ4n) is 1.98. The Hall–Kier alpha value is -0.790. The molecule has 0 aromatic heterocycles. The molecule has 0 unspecified atom stereocenters. The molecule has 0 spiro atoms. The molecule has 1 aliphatic rings. The van der Waals surface area contributed by atoms with Gasteiger partial charge in [0, 0.05) is 6.08 Å². The molecule has 1 aliphatic carbocycles. The summed E-state index contributed by atoms with van der Waals surface area (Å²) in [5, 5.41) is 0. The van der Waals surface area contributed by atoms with Crippen LogP contribution >= 0.6 is 0 Å². The molecule has 0 radical (unpaired) electrons. The van der Waals surface area contributed by atoms with E-state index in [0.717, 1.165) is 6.42 Å². The Morgan fingerprint density at radius 2 is 2.21 bits per heavy atom. The van der Waals surface area contributed by atoms with Gasteiger partial charge >= 0.3 is 5.97 Å². The zero-order chi connectivity index (χ0) is 10.6. The molecular formula is C12H20O2. The molecule has 80 valence electrons. The van der Waals surface area contributed by atoms with Crippen LogP contribution in [-0.4, -0.2) is 12.6 Å². The van der Waals surface area contributed by atoms with Crippen LogP contribution in [0.25, 0.3) is 0 Å². The predicted molar refractivity (Wildman–Crippen MR) is 57.0 cm³/mol. The van der Waals surface area contributed by atoms with E-state index in [4.69, 9.17) is 4.74 Å². The smallest absolute Gasteiger partial charge is 0.330 e. The first-order valence-electron chi connectivity index (χ1n) is 5.44. The fourth-order valence-corrected chi connectivity index (χ4v) is 1.98. The third-order valence-electron chi connectivity index (χ3n) is 2.95. The molecule has 0 N–H and O–H groups in total. The molecule has 0 aromatic rings. The van der Waals surface area contributed by atoms with Crippen molar-refractivity contribution in [1.29, 1.82) is 0 Å². The van der Waals surface area contributed by atoms with Crippen molar-refractivity contribution < 1.29 is 9.53 Å². The molecule has 0 saturated heterocycles. The van der Waals surface area contributed by atoms with Gasteiger partial charge in [-0.25, -0.2) is 4.79 Å². The first-order chi connectivity index (χ1) is 6.56. The van der Waals surface area contributed by atoms with Crippen molar-refractivity contribution in [3.8, 4) is 0 Å². The Labute approximate surface area is 86.3 Å². The van der Waals surface area contributed by atoms with E-state index in [2.05, 4.69) is 13.8 Å². The quantitative estimate of drug-likeness (QED) is 0.501. The molecule has 0 aliphatic heterocycles. The van der Waals surface area contributed by atoms with Gasteiger partial charge in [-0.05, 0) is 31.6 Å². The molecule has 0 heterocycles. The van der Waals surface area contributed by atoms with Gasteiger partial charge in [0.15, 0.2) is 0 Å². The van der Waals surface area contributed by atoms with Crippen molar-refractivity contribution in [3.05, 3.63) is 11.6 Å². The summed E-state index contributed by atoms with van der Waals surface area (Å²) in [7, 11) is 0. The number of ether oxygens (including phenoxy) is 1. The summed E-state index contributed by atoms with van der Waals surface area (Å²) in [5.74, 6) is -0.183. The lowest BCUT2D eigenvalue weighted by Gasteiger charge is -2.32. The maximum atomic E-state index is 11.3. The van der Waals surface area contributed by atoms with Gasteiger partial charge in [-0.3, -0.25) is 0 Å². The highest BCUT2D eigenvalue weighted by molar-refractivity contribution is 5.83. The van der Waals surface area contributed by atoms with Gasteiger partial charge in [0.1, 0.15) is 0 Å². The molecular weight excluding hydrogens is 176 g/mol. The van der Waals surface area contributed by atoms with E-state index in [1.807, 2.05) is 6.92 Å². The van der Waals surface area contributed by atoms with Crippen molar-refractivity contribution in [2.45, 2.75) is 46.5 Å². The van der Waals surface area contributed by atoms with Crippen LogP contribution in [0.15, 0.2) is 11.6 Å². The van der Waals surface area contributed by atoms with E-state index < -0.39 is 0 Å². The Bertz CT molecular complexity index is 239. The Balaban J connectivity index is 2.68. The lowest BCUT2D eigenvalue weighted by atomic mass is 9.73. The summed E-state index contributed by atoms with van der Waals surface area (Å²) >= 11 is 0. The van der Waals surface area contributed by atoms with Crippen LogP contribution in [0.2, 0.25) is 0 Å². The van der Waals surface area contributed by atoms with Crippen LogP contribution in [0.4, 0.5) is 0 Å². The second kappa shape index (κ2) is 4.63. The summed E-state index contributed by atoms with van der Waals surface area (Å²) in [6, 6.07) is 0. The van der Waals surface area contributed by atoms with Crippen molar-refractivity contribution in [1.82, 2.24) is 0 Å². The summed E-state index contributed by atoms with van der Waals surface area (Å²) < 4.78 is 4.92. The number of carbonyl (C=O) groups is 1. The molecule has 14 heavy (non-hydrogen) atoms. The minimum Gasteiger partial charge on any atom is -0.463 e. The molecule has 2 heteroatoms. The van der Waals surface area contributed by atoms with Gasteiger partial charge < -0.3 is 4.74 Å². The SMILES string of the molecule is CCOC(=O)/C=C1/CCCCC1(C)C. The molecule has 1 rings (SSSR count). The number of hydrogen-bond acceptors (Lipinski definition) is 2. The van der Waals surface area contributed by atoms with Crippen LogP contribution in [0.5, 0.6) is 0 Å². The van der Waals surface area contributed by atoms with E-state index in [0.29, 0.717) is 6.61 Å². The van der Waals surface area contributed by atoms with Gasteiger partial charge in [-0.1, -0.05) is 25.8 Å². The van der Waals surface area contributed by atoms with E-state index in [-0.39, 0.29) is 11.4 Å². The highest BCUT2D eigenvalue weighted by atomic mass is 16.5. The van der Waals surface area contributed by atoms with Crippen LogP contribution in [0, 0.1) is 5.41 Å². The average molecular weight is 196 g/mol. The van der Waals surface area contributed by atoms with Crippen molar-refractivity contribution in [2.75, 3.05) is 6.61 Å². The second-order valence-corrected chi connectivity index (χ2v) is 4.51. The first kappa shape index (κ1) is 11.3. The predicted octanol–water partition coefficient (Wildman–Crippen LogP) is 3.08. The number of hydrogen-bond donors (Lipinski definition) is 0. The van der Waals surface area contributed by atoms with Crippen molar-refractivity contribution >= 4 is 5.97 Å². The van der Waals surface area contributed by atoms with Gasteiger partial charge in [-0.2, -0.15) is 0 Å². The summed E-state index contributed by atoms with van der Waals surface area (Å²) in [6.45, 7) is 6.71. The summed E-state index contributed by atoms with van der Waals surface area (Å²) in [5.41, 5.74) is 1.44. The minimum atomic E-state index is -0.183. The van der Waals surface area contributed by atoms with E-state index >= 15 is 0 Å². The number of carbonyl (C=O) groups excluding carboxylic acids is 1. The van der Waals surface area contributed by atoms with Crippen molar-refractivity contribution in [3.63, 3.8) is 0 Å². The molecule has 0 bridgehead atoms. The van der Waals surface area contributed by atoms with E-state index in [1.54, 1.807) is 6.08 Å². The minimum absolute atomic E-state index is 0.183. The molecule has 0 aromatic carbocycles. The third kappa shape index (κ3) is 2.86. The van der Waals surface area contributed by atoms with Crippen LogP contribution in [0.3, 0.4) is 0 Å². The summed E-state index contributed by atoms with van der Waals surface area (Å²) in [6.07, 6.45) is 6.40. The topological polar surface area (TPSA) is 26.3 Å². The molecule has 1 fully saturated rings. The molecule has 2 nitrogen and oxygen atoms in total. The van der Waals surface area contributed by atoms with Gasteiger partial charge in [0.25, 0.3) is 0 Å². The molecule has 0 amide bonds. The average Bonchev–Trinajstić information content (AvgIpc) is 2.09. The molecule has 0 atom stereocenters. The van der Waals surface area contributed by atoms with Gasteiger partial charge in [0.05, 0.1) is 6.61 Å². The maximum Gasteiger partial charge on any atom is 0.330 e. The normalized spacial score (nSPS) is 23.5. The molecule has 1 saturated carbocycles. The highest BCUT2D eigenvalue weighted by Crippen LogP contribution is 2.39. The zero-order valence-corrected chi connectivity index (χ0v) is 9.43. The number of rotatable bonds is 2. The monoisotopic (exact) mass is 196 g/mol. The van der Waals surface area contributed by atoms with Crippen LogP contribution in [-0.2, 0) is 9.53 Å². The standard InChI is InChI=1S/C12H20O2/c1-4-14-11(13)9-10-7-5-6-8-12(10,2)3/h9H,4-8H2,1-3H3/b10-9-. The van der Waals surface area contributed by atoms with Crippen molar-refractivity contribution in [2.24, 2.45) is 5.41 Å². The maximum absolute atomic E-state index is 11.3. The Morgan fingerprint density at radius 3 is 2.79 bits per heavy atom. The second-order valence-electron chi connectivity index (χ2n) is 4.51. The first-order valence-corrected chi connectivity index (χ1v) is 5.44. The number of esters is 1. The Kier molecular flexibility index (Phi) is 3.73.